The van der Waals surface area contributed by atoms with Gasteiger partial charge in [0.2, 0.25) is 0 Å². The maximum atomic E-state index is 4.20. The molecule has 0 aliphatic heterocycles. The van der Waals surface area contributed by atoms with E-state index in [0.29, 0.717) is 6.04 Å². The van der Waals surface area contributed by atoms with Gasteiger partial charge >= 0.3 is 0 Å². The molecule has 0 aliphatic carbocycles. The van der Waals surface area contributed by atoms with Crippen molar-refractivity contribution in [1.82, 2.24) is 15.1 Å². The summed E-state index contributed by atoms with van der Waals surface area (Å²) in [6.07, 6.45) is 8.82. The van der Waals surface area contributed by atoms with Crippen molar-refractivity contribution in [3.8, 4) is 0 Å². The second-order valence-electron chi connectivity index (χ2n) is 5.02. The zero-order valence-corrected chi connectivity index (χ0v) is 11.8. The van der Waals surface area contributed by atoms with Gasteiger partial charge in [0.25, 0.3) is 0 Å². The van der Waals surface area contributed by atoms with Crippen molar-refractivity contribution in [1.29, 1.82) is 0 Å². The average Bonchev–Trinajstić information content (AvgIpc) is 2.86. The highest BCUT2D eigenvalue weighted by Crippen LogP contribution is 2.19. The van der Waals surface area contributed by atoms with E-state index in [9.17, 15) is 0 Å². The molecule has 2 rings (SSSR count). The largest absolute Gasteiger partial charge is 0.313 e. The van der Waals surface area contributed by atoms with E-state index < -0.39 is 0 Å². The Bertz CT molecular complexity index is 476. The summed E-state index contributed by atoms with van der Waals surface area (Å²) >= 11 is 0. The smallest absolute Gasteiger partial charge is 0.0521 e. The second kappa shape index (κ2) is 7.10. The predicted octanol–water partition coefficient (Wildman–Crippen LogP) is 3.09. The molecule has 1 unspecified atom stereocenters. The highest BCUT2D eigenvalue weighted by Gasteiger charge is 2.07. The Balaban J connectivity index is 1.75. The number of hydrogen-bond acceptors (Lipinski definition) is 2. The summed E-state index contributed by atoms with van der Waals surface area (Å²) in [7, 11) is 4.01. The Morgan fingerprint density at radius 3 is 2.63 bits per heavy atom. The fourth-order valence-corrected chi connectivity index (χ4v) is 2.44. The lowest BCUT2D eigenvalue weighted by Crippen LogP contribution is -2.16. The van der Waals surface area contributed by atoms with Gasteiger partial charge in [-0.2, -0.15) is 5.10 Å². The maximum Gasteiger partial charge on any atom is 0.0521 e. The highest BCUT2D eigenvalue weighted by molar-refractivity contribution is 5.18. The van der Waals surface area contributed by atoms with Gasteiger partial charge in [0, 0.05) is 19.3 Å². The molecule has 0 saturated heterocycles. The highest BCUT2D eigenvalue weighted by atomic mass is 15.2. The van der Waals surface area contributed by atoms with Crippen LogP contribution in [0.3, 0.4) is 0 Å². The third-order valence-corrected chi connectivity index (χ3v) is 3.52. The Labute approximate surface area is 115 Å². The molecule has 0 bridgehead atoms. The third-order valence-electron chi connectivity index (χ3n) is 3.52. The summed E-state index contributed by atoms with van der Waals surface area (Å²) in [4.78, 5) is 0. The van der Waals surface area contributed by atoms with E-state index in [-0.39, 0.29) is 0 Å². The lowest BCUT2D eigenvalue weighted by atomic mass is 10.00. The van der Waals surface area contributed by atoms with E-state index in [2.05, 4.69) is 46.9 Å². The van der Waals surface area contributed by atoms with Crippen molar-refractivity contribution in [2.24, 2.45) is 7.05 Å². The topological polar surface area (TPSA) is 29.9 Å². The van der Waals surface area contributed by atoms with Crippen molar-refractivity contribution in [3.63, 3.8) is 0 Å². The van der Waals surface area contributed by atoms with Crippen LogP contribution in [0.2, 0.25) is 0 Å². The number of aryl methyl sites for hydroxylation is 2. The van der Waals surface area contributed by atoms with Crippen LogP contribution in [-0.2, 0) is 13.5 Å². The monoisotopic (exact) mass is 257 g/mol. The van der Waals surface area contributed by atoms with Gasteiger partial charge in [-0.3, -0.25) is 4.68 Å². The van der Waals surface area contributed by atoms with E-state index in [4.69, 9.17) is 0 Å². The Morgan fingerprint density at radius 1 is 1.21 bits per heavy atom. The zero-order valence-electron chi connectivity index (χ0n) is 11.8. The number of rotatable bonds is 7. The van der Waals surface area contributed by atoms with Gasteiger partial charge in [0.15, 0.2) is 0 Å². The van der Waals surface area contributed by atoms with E-state index >= 15 is 0 Å². The van der Waals surface area contributed by atoms with Crippen LogP contribution in [-0.4, -0.2) is 16.8 Å². The molecular weight excluding hydrogens is 234 g/mol. The van der Waals surface area contributed by atoms with Gasteiger partial charge in [-0.1, -0.05) is 36.8 Å². The number of nitrogens with zero attached hydrogens (tertiary/aromatic N) is 2. The summed E-state index contributed by atoms with van der Waals surface area (Å²) in [5.74, 6) is 0. The summed E-state index contributed by atoms with van der Waals surface area (Å²) in [5, 5.41) is 7.60. The predicted molar refractivity (Wildman–Crippen MR) is 79.0 cm³/mol. The minimum atomic E-state index is 0.468. The molecule has 3 nitrogen and oxygen atoms in total. The number of hydrogen-bond donors (Lipinski definition) is 1. The second-order valence-corrected chi connectivity index (χ2v) is 5.02. The molecule has 1 atom stereocenters. The molecule has 1 aromatic heterocycles. The summed E-state index contributed by atoms with van der Waals surface area (Å²) in [5.41, 5.74) is 2.72. The summed E-state index contributed by atoms with van der Waals surface area (Å²) < 4.78 is 1.87. The number of unbranched alkanes of at least 4 members (excludes halogenated alkanes) is 1. The van der Waals surface area contributed by atoms with Gasteiger partial charge in [-0.05, 0) is 37.4 Å². The van der Waals surface area contributed by atoms with Crippen LogP contribution in [0, 0.1) is 0 Å². The van der Waals surface area contributed by atoms with Crippen molar-refractivity contribution in [2.45, 2.75) is 31.7 Å². The lowest BCUT2D eigenvalue weighted by molar-refractivity contribution is 0.514. The maximum absolute atomic E-state index is 4.20. The van der Waals surface area contributed by atoms with Crippen molar-refractivity contribution in [3.05, 3.63) is 53.9 Å². The first-order valence-electron chi connectivity index (χ1n) is 6.99. The van der Waals surface area contributed by atoms with Gasteiger partial charge in [-0.25, -0.2) is 0 Å². The molecule has 0 saturated carbocycles. The number of benzene rings is 1. The molecule has 1 N–H and O–H groups in total. The molecule has 0 aliphatic rings. The van der Waals surface area contributed by atoms with Crippen LogP contribution in [0.4, 0.5) is 0 Å². The summed E-state index contributed by atoms with van der Waals surface area (Å²) in [6.45, 7) is 0. The first-order chi connectivity index (χ1) is 9.29. The first-order valence-corrected chi connectivity index (χ1v) is 6.99. The molecule has 0 radical (unpaired) electrons. The minimum Gasteiger partial charge on any atom is -0.313 e. The Morgan fingerprint density at radius 2 is 2.00 bits per heavy atom. The van der Waals surface area contributed by atoms with Crippen LogP contribution >= 0.6 is 0 Å². The Kier molecular flexibility index (Phi) is 5.16. The Hall–Kier alpha value is -1.61. The minimum absolute atomic E-state index is 0.468. The zero-order chi connectivity index (χ0) is 13.5. The van der Waals surface area contributed by atoms with Gasteiger partial charge in [0.05, 0.1) is 6.20 Å². The first kappa shape index (κ1) is 13.8. The van der Waals surface area contributed by atoms with E-state index in [1.807, 2.05) is 25.0 Å². The van der Waals surface area contributed by atoms with Crippen LogP contribution in [0.1, 0.15) is 36.4 Å². The molecule has 0 spiro atoms. The van der Waals surface area contributed by atoms with Gasteiger partial charge in [-0.15, -0.1) is 0 Å². The van der Waals surface area contributed by atoms with E-state index in [1.165, 1.54) is 30.4 Å². The van der Waals surface area contributed by atoms with Crippen LogP contribution < -0.4 is 5.32 Å². The van der Waals surface area contributed by atoms with Crippen LogP contribution in [0.5, 0.6) is 0 Å². The van der Waals surface area contributed by atoms with Crippen molar-refractivity contribution < 1.29 is 0 Å². The number of nitrogens with one attached hydrogen (secondary N) is 1. The third kappa shape index (κ3) is 4.21. The quantitative estimate of drug-likeness (QED) is 0.772. The van der Waals surface area contributed by atoms with Gasteiger partial charge < -0.3 is 5.32 Å². The van der Waals surface area contributed by atoms with Gasteiger partial charge in [0.1, 0.15) is 0 Å². The van der Waals surface area contributed by atoms with E-state index in [0.717, 1.165) is 6.42 Å². The molecule has 3 heteroatoms. The molecule has 19 heavy (non-hydrogen) atoms. The van der Waals surface area contributed by atoms with Crippen molar-refractivity contribution in [2.75, 3.05) is 7.05 Å². The molecule has 1 heterocycles. The number of aromatic nitrogens is 2. The standard InChI is InChI=1S/C16H23N3/c1-17-16(15-9-4-3-5-10-15)11-7-6-8-14-12-18-19(2)13-14/h3-5,9-10,12-13,16-17H,6-8,11H2,1-2H3. The van der Waals surface area contributed by atoms with Crippen LogP contribution in [0.25, 0.3) is 0 Å². The summed E-state index contributed by atoms with van der Waals surface area (Å²) in [6, 6.07) is 11.1. The van der Waals surface area contributed by atoms with E-state index in [1.54, 1.807) is 0 Å². The average molecular weight is 257 g/mol. The molecule has 2 aromatic rings. The molecule has 1 aromatic carbocycles. The fourth-order valence-electron chi connectivity index (χ4n) is 2.44. The molecule has 0 amide bonds. The fraction of sp³-hybridized carbons (Fsp3) is 0.438. The molecular formula is C16H23N3. The SMILES string of the molecule is CNC(CCCCc1cnn(C)c1)c1ccccc1. The molecule has 102 valence electrons. The lowest BCUT2D eigenvalue weighted by Gasteiger charge is -2.16. The van der Waals surface area contributed by atoms with Crippen LogP contribution in [0.15, 0.2) is 42.7 Å². The van der Waals surface area contributed by atoms with Crippen molar-refractivity contribution >= 4 is 0 Å². The normalized spacial score (nSPS) is 12.5. The molecule has 0 fully saturated rings.